The summed E-state index contributed by atoms with van der Waals surface area (Å²) in [5.41, 5.74) is 0.546. The fourth-order valence-electron chi connectivity index (χ4n) is 1.78. The third kappa shape index (κ3) is 3.45. The number of ether oxygens (including phenoxy) is 1. The van der Waals surface area contributed by atoms with Crippen LogP contribution in [0.2, 0.25) is 0 Å². The van der Waals surface area contributed by atoms with Gasteiger partial charge in [-0.15, -0.1) is 17.9 Å². The molecule has 0 fully saturated rings. The van der Waals surface area contributed by atoms with Gasteiger partial charge in [-0.1, -0.05) is 12.1 Å². The second-order valence-electron chi connectivity index (χ2n) is 4.14. The molecule has 1 amide bonds. The van der Waals surface area contributed by atoms with Gasteiger partial charge in [0.25, 0.3) is 5.91 Å². The van der Waals surface area contributed by atoms with Gasteiger partial charge < -0.3 is 9.64 Å². The zero-order valence-electron chi connectivity index (χ0n) is 11.3. The molecule has 2 heterocycles. The Hall–Kier alpha value is -2.14. The maximum atomic E-state index is 12.5. The van der Waals surface area contributed by atoms with Gasteiger partial charge >= 0.3 is 0 Å². The summed E-state index contributed by atoms with van der Waals surface area (Å²) in [5.74, 6) is 0.434. The van der Waals surface area contributed by atoms with E-state index < -0.39 is 0 Å². The van der Waals surface area contributed by atoms with Crippen molar-refractivity contribution in [1.29, 1.82) is 0 Å². The number of aromatic nitrogens is 1. The number of pyridine rings is 1. The first kappa shape index (κ1) is 14.3. The minimum Gasteiger partial charge on any atom is -0.481 e. The number of methoxy groups -OCH3 is 1. The molecule has 0 saturated carbocycles. The van der Waals surface area contributed by atoms with Crippen LogP contribution in [0.4, 0.5) is 0 Å². The zero-order valence-corrected chi connectivity index (χ0v) is 12.1. The molecular weight excluding hydrogens is 272 g/mol. The highest BCUT2D eigenvalue weighted by Crippen LogP contribution is 2.15. The molecule has 104 valence electrons. The Morgan fingerprint density at radius 3 is 2.90 bits per heavy atom. The lowest BCUT2D eigenvalue weighted by Crippen LogP contribution is -2.30. The molecule has 20 heavy (non-hydrogen) atoms. The number of rotatable bonds is 6. The molecule has 2 aromatic rings. The quantitative estimate of drug-likeness (QED) is 0.767. The highest BCUT2D eigenvalue weighted by Gasteiger charge is 2.15. The van der Waals surface area contributed by atoms with Gasteiger partial charge in [0.05, 0.1) is 19.2 Å². The molecule has 2 aromatic heterocycles. The number of nitrogens with zero attached hydrogens (tertiary/aromatic N) is 2. The van der Waals surface area contributed by atoms with Crippen molar-refractivity contribution in [3.8, 4) is 5.88 Å². The lowest BCUT2D eigenvalue weighted by molar-refractivity contribution is 0.0763. The summed E-state index contributed by atoms with van der Waals surface area (Å²) < 4.78 is 4.99. The summed E-state index contributed by atoms with van der Waals surface area (Å²) in [6.07, 6.45) is 3.26. The second kappa shape index (κ2) is 6.86. The van der Waals surface area contributed by atoms with Crippen molar-refractivity contribution in [1.82, 2.24) is 9.88 Å². The molecule has 0 aliphatic heterocycles. The number of carbonyl (C=O) groups is 1. The predicted molar refractivity (Wildman–Crippen MR) is 80.0 cm³/mol. The number of amides is 1. The van der Waals surface area contributed by atoms with E-state index in [9.17, 15) is 4.79 Å². The molecule has 0 radical (unpaired) electrons. The minimum atomic E-state index is -0.0616. The van der Waals surface area contributed by atoms with Crippen molar-refractivity contribution < 1.29 is 9.53 Å². The standard InChI is InChI=1S/C15H16N2O2S/c1-3-8-17(11-13-5-4-9-20-13)15(18)12-6-7-14(19-2)16-10-12/h3-7,9-10H,1,8,11H2,2H3. The Balaban J connectivity index is 2.14. The summed E-state index contributed by atoms with van der Waals surface area (Å²) in [6, 6.07) is 7.40. The smallest absolute Gasteiger partial charge is 0.256 e. The predicted octanol–water partition coefficient (Wildman–Crippen LogP) is 2.98. The van der Waals surface area contributed by atoms with Gasteiger partial charge in [-0.2, -0.15) is 0 Å². The van der Waals surface area contributed by atoms with E-state index in [-0.39, 0.29) is 5.91 Å². The van der Waals surface area contributed by atoms with Gasteiger partial charge in [0.1, 0.15) is 0 Å². The van der Waals surface area contributed by atoms with E-state index in [0.29, 0.717) is 24.5 Å². The van der Waals surface area contributed by atoms with Gasteiger partial charge in [0, 0.05) is 23.7 Å². The zero-order chi connectivity index (χ0) is 14.4. The molecule has 0 aliphatic rings. The summed E-state index contributed by atoms with van der Waals surface area (Å²) in [5, 5.41) is 2.00. The number of hydrogen-bond acceptors (Lipinski definition) is 4. The van der Waals surface area contributed by atoms with E-state index in [1.54, 1.807) is 41.6 Å². The maximum absolute atomic E-state index is 12.5. The van der Waals surface area contributed by atoms with Crippen molar-refractivity contribution in [3.63, 3.8) is 0 Å². The van der Waals surface area contributed by atoms with Crippen LogP contribution in [0.5, 0.6) is 5.88 Å². The largest absolute Gasteiger partial charge is 0.481 e. The van der Waals surface area contributed by atoms with Crippen LogP contribution in [0.25, 0.3) is 0 Å². The van der Waals surface area contributed by atoms with Gasteiger partial charge in [0.15, 0.2) is 0 Å². The van der Waals surface area contributed by atoms with Crippen molar-refractivity contribution in [2.24, 2.45) is 0 Å². The molecule has 5 heteroatoms. The van der Waals surface area contributed by atoms with Crippen LogP contribution < -0.4 is 4.74 Å². The minimum absolute atomic E-state index is 0.0616. The van der Waals surface area contributed by atoms with E-state index in [1.165, 1.54) is 6.20 Å². The Labute approximate surface area is 122 Å². The SMILES string of the molecule is C=CCN(Cc1cccs1)C(=O)c1ccc(OC)nc1. The molecule has 4 nitrogen and oxygen atoms in total. The molecule has 0 unspecified atom stereocenters. The van der Waals surface area contributed by atoms with E-state index in [2.05, 4.69) is 11.6 Å². The molecule has 0 aromatic carbocycles. The Morgan fingerprint density at radius 2 is 2.35 bits per heavy atom. The number of carbonyl (C=O) groups excluding carboxylic acids is 1. The third-order valence-electron chi connectivity index (χ3n) is 2.76. The normalized spacial score (nSPS) is 10.1. The first-order valence-electron chi connectivity index (χ1n) is 6.17. The van der Waals surface area contributed by atoms with E-state index in [1.807, 2.05) is 17.5 Å². The van der Waals surface area contributed by atoms with Gasteiger partial charge in [-0.25, -0.2) is 4.98 Å². The van der Waals surface area contributed by atoms with E-state index >= 15 is 0 Å². The van der Waals surface area contributed by atoms with Crippen LogP contribution in [0.1, 0.15) is 15.2 Å². The highest BCUT2D eigenvalue weighted by atomic mass is 32.1. The fraction of sp³-hybridized carbons (Fsp3) is 0.200. The number of thiophene rings is 1. The third-order valence-corrected chi connectivity index (χ3v) is 3.62. The van der Waals surface area contributed by atoms with Crippen molar-refractivity contribution in [3.05, 3.63) is 58.9 Å². The van der Waals surface area contributed by atoms with E-state index in [0.717, 1.165) is 4.88 Å². The lowest BCUT2D eigenvalue weighted by atomic mass is 10.2. The van der Waals surface area contributed by atoms with Crippen LogP contribution in [0.15, 0.2) is 48.5 Å². The summed E-state index contributed by atoms with van der Waals surface area (Å²) in [4.78, 5) is 19.4. The van der Waals surface area contributed by atoms with Crippen LogP contribution in [0.3, 0.4) is 0 Å². The molecule has 2 rings (SSSR count). The Bertz CT molecular complexity index is 564. The summed E-state index contributed by atoms with van der Waals surface area (Å²) in [6.45, 7) is 4.79. The van der Waals surface area contributed by atoms with Crippen molar-refractivity contribution in [2.45, 2.75) is 6.54 Å². The molecule has 0 spiro atoms. The molecule has 0 bridgehead atoms. The first-order chi connectivity index (χ1) is 9.74. The van der Waals surface area contributed by atoms with Crippen LogP contribution in [-0.4, -0.2) is 29.4 Å². The molecule has 0 aliphatic carbocycles. The maximum Gasteiger partial charge on any atom is 0.256 e. The van der Waals surface area contributed by atoms with Crippen LogP contribution >= 0.6 is 11.3 Å². The molecular formula is C15H16N2O2S. The Morgan fingerprint density at radius 1 is 1.50 bits per heavy atom. The average molecular weight is 288 g/mol. The van der Waals surface area contributed by atoms with Crippen molar-refractivity contribution in [2.75, 3.05) is 13.7 Å². The summed E-state index contributed by atoms with van der Waals surface area (Å²) >= 11 is 1.63. The summed E-state index contributed by atoms with van der Waals surface area (Å²) in [7, 11) is 1.55. The van der Waals surface area contributed by atoms with E-state index in [4.69, 9.17) is 4.74 Å². The van der Waals surface area contributed by atoms with Crippen molar-refractivity contribution >= 4 is 17.2 Å². The highest BCUT2D eigenvalue weighted by molar-refractivity contribution is 7.09. The van der Waals surface area contributed by atoms with Crippen LogP contribution in [-0.2, 0) is 6.54 Å². The molecule has 0 N–H and O–H groups in total. The Kier molecular flexibility index (Phi) is 4.90. The fourth-order valence-corrected chi connectivity index (χ4v) is 2.50. The second-order valence-corrected chi connectivity index (χ2v) is 5.18. The van der Waals surface area contributed by atoms with Gasteiger partial charge in [-0.3, -0.25) is 4.79 Å². The van der Waals surface area contributed by atoms with Crippen LogP contribution in [0, 0.1) is 0 Å². The first-order valence-corrected chi connectivity index (χ1v) is 7.05. The monoisotopic (exact) mass is 288 g/mol. The molecule has 0 saturated heterocycles. The lowest BCUT2D eigenvalue weighted by Gasteiger charge is -2.20. The average Bonchev–Trinajstić information content (AvgIpc) is 2.99. The number of hydrogen-bond donors (Lipinski definition) is 0. The molecule has 0 atom stereocenters. The topological polar surface area (TPSA) is 42.4 Å². The van der Waals surface area contributed by atoms with Gasteiger partial charge in [0.2, 0.25) is 5.88 Å². The van der Waals surface area contributed by atoms with Gasteiger partial charge in [-0.05, 0) is 17.5 Å².